The quantitative estimate of drug-likeness (QED) is 0.546. The van der Waals surface area contributed by atoms with E-state index in [4.69, 9.17) is 4.42 Å². The van der Waals surface area contributed by atoms with Crippen LogP contribution in [0.15, 0.2) is 59.1 Å². The lowest BCUT2D eigenvalue weighted by Crippen LogP contribution is -2.37. The van der Waals surface area contributed by atoms with E-state index in [-0.39, 0.29) is 5.91 Å². The Balaban J connectivity index is 1.46. The van der Waals surface area contributed by atoms with E-state index in [1.165, 1.54) is 5.56 Å². The number of fused-ring (bicyclic) bond motifs is 2. The Labute approximate surface area is 162 Å². The number of hydrogen-bond donors (Lipinski definition) is 0. The monoisotopic (exact) mass is 372 g/mol. The van der Waals surface area contributed by atoms with Gasteiger partial charge in [-0.3, -0.25) is 4.79 Å². The number of rotatable bonds is 3. The number of anilines is 1. The van der Waals surface area contributed by atoms with Crippen LogP contribution in [0.25, 0.3) is 22.4 Å². The summed E-state index contributed by atoms with van der Waals surface area (Å²) in [6, 6.07) is 16.2. The van der Waals surface area contributed by atoms with Crippen LogP contribution in [-0.2, 0) is 17.8 Å². The molecule has 0 unspecified atom stereocenters. The van der Waals surface area contributed by atoms with Gasteiger partial charge in [-0.1, -0.05) is 24.3 Å². The summed E-state index contributed by atoms with van der Waals surface area (Å²) in [7, 11) is 0. The van der Waals surface area contributed by atoms with Crippen LogP contribution in [0.5, 0.6) is 0 Å². The number of para-hydroxylation sites is 1. The minimum atomic E-state index is 0.101. The number of carbonyl (C=O) groups excluding carboxylic acids is 1. The topological polar surface area (TPSA) is 64.2 Å². The largest absolute Gasteiger partial charge is 0.421 e. The summed E-state index contributed by atoms with van der Waals surface area (Å²) < 4.78 is 7.53. The lowest BCUT2D eigenvalue weighted by atomic mass is 10.0. The van der Waals surface area contributed by atoms with Gasteiger partial charge < -0.3 is 13.9 Å². The summed E-state index contributed by atoms with van der Waals surface area (Å²) in [5.41, 5.74) is 4.11. The molecule has 0 aliphatic carbocycles. The van der Waals surface area contributed by atoms with Crippen molar-refractivity contribution in [1.29, 1.82) is 0 Å². The van der Waals surface area contributed by atoms with Gasteiger partial charge in [0.05, 0.1) is 0 Å². The maximum atomic E-state index is 13.1. The number of aromatic nitrogens is 3. The molecule has 0 fully saturated rings. The molecule has 6 nitrogen and oxygen atoms in total. The Morgan fingerprint density at radius 3 is 2.89 bits per heavy atom. The van der Waals surface area contributed by atoms with Gasteiger partial charge in [-0.25, -0.2) is 0 Å². The molecule has 0 N–H and O–H groups in total. The zero-order valence-corrected chi connectivity index (χ0v) is 15.6. The van der Waals surface area contributed by atoms with E-state index in [0.29, 0.717) is 18.3 Å². The van der Waals surface area contributed by atoms with Gasteiger partial charge in [-0.2, -0.15) is 0 Å². The predicted octanol–water partition coefficient (Wildman–Crippen LogP) is 3.98. The van der Waals surface area contributed by atoms with Gasteiger partial charge in [-0.05, 0) is 48.1 Å². The van der Waals surface area contributed by atoms with Crippen LogP contribution in [0.4, 0.5) is 5.69 Å². The molecule has 2 aromatic heterocycles. The lowest BCUT2D eigenvalue weighted by Gasteiger charge is -2.29. The summed E-state index contributed by atoms with van der Waals surface area (Å²) in [5, 5.41) is 9.07. The Bertz CT molecular complexity index is 1170. The normalized spacial score (nSPS) is 13.7. The molecule has 3 heterocycles. The third-order valence-corrected chi connectivity index (χ3v) is 5.26. The zero-order valence-electron chi connectivity index (χ0n) is 15.6. The minimum Gasteiger partial charge on any atom is -0.421 e. The Morgan fingerprint density at radius 2 is 2.04 bits per heavy atom. The highest BCUT2D eigenvalue weighted by molar-refractivity contribution is 5.95. The fourth-order valence-electron chi connectivity index (χ4n) is 3.89. The van der Waals surface area contributed by atoms with Crippen molar-refractivity contribution in [3.63, 3.8) is 0 Å². The number of aryl methyl sites for hydroxylation is 2. The van der Waals surface area contributed by atoms with Crippen molar-refractivity contribution in [3.05, 3.63) is 66.2 Å². The molecule has 2 aromatic carbocycles. The van der Waals surface area contributed by atoms with E-state index in [2.05, 4.69) is 16.3 Å². The van der Waals surface area contributed by atoms with E-state index >= 15 is 0 Å². The lowest BCUT2D eigenvalue weighted by molar-refractivity contribution is -0.119. The number of benzene rings is 2. The molecule has 5 rings (SSSR count). The van der Waals surface area contributed by atoms with E-state index in [9.17, 15) is 4.79 Å². The van der Waals surface area contributed by atoms with Gasteiger partial charge in [0.1, 0.15) is 6.54 Å². The minimum absolute atomic E-state index is 0.101. The number of carbonyl (C=O) groups is 1. The predicted molar refractivity (Wildman–Crippen MR) is 107 cm³/mol. The molecule has 1 amide bonds. The molecule has 4 aromatic rings. The number of nitrogens with zero attached hydrogens (tertiary/aromatic N) is 4. The molecular weight excluding hydrogens is 352 g/mol. The molecule has 1 aliphatic rings. The third kappa shape index (κ3) is 2.87. The zero-order chi connectivity index (χ0) is 19.1. The number of amides is 1. The Kier molecular flexibility index (Phi) is 3.97. The van der Waals surface area contributed by atoms with Crippen LogP contribution < -0.4 is 4.90 Å². The van der Waals surface area contributed by atoms with Crippen LogP contribution in [0, 0.1) is 6.92 Å². The van der Waals surface area contributed by atoms with Crippen molar-refractivity contribution < 1.29 is 9.21 Å². The van der Waals surface area contributed by atoms with E-state index in [1.807, 2.05) is 58.1 Å². The van der Waals surface area contributed by atoms with E-state index in [0.717, 1.165) is 41.5 Å². The van der Waals surface area contributed by atoms with Gasteiger partial charge in [0.2, 0.25) is 17.7 Å². The van der Waals surface area contributed by atoms with Crippen LogP contribution in [0.1, 0.15) is 17.9 Å². The first kappa shape index (κ1) is 16.7. The summed E-state index contributed by atoms with van der Waals surface area (Å²) in [6.07, 6.45) is 3.98. The second-order valence-corrected chi connectivity index (χ2v) is 7.12. The maximum Gasteiger partial charge on any atom is 0.247 e. The molecule has 0 atom stereocenters. The highest BCUT2D eigenvalue weighted by atomic mass is 16.4. The standard InChI is InChI=1S/C22H20N4O2/c1-15-23-24-22(28-15)18-9-8-17-10-12-25(20(17)13-18)14-21(27)26-11-4-6-16-5-2-3-7-19(16)26/h2-3,5,7-10,12-13H,4,6,11,14H2,1H3. The molecule has 0 saturated heterocycles. The van der Waals surface area contributed by atoms with Crippen molar-refractivity contribution in [1.82, 2.24) is 14.8 Å². The fourth-order valence-corrected chi connectivity index (χ4v) is 3.89. The molecule has 0 saturated carbocycles. The second-order valence-electron chi connectivity index (χ2n) is 7.12. The van der Waals surface area contributed by atoms with Crippen molar-refractivity contribution in [2.75, 3.05) is 11.4 Å². The second kappa shape index (κ2) is 6.64. The van der Waals surface area contributed by atoms with Crippen LogP contribution >= 0.6 is 0 Å². The molecule has 0 spiro atoms. The highest BCUT2D eigenvalue weighted by Crippen LogP contribution is 2.28. The SMILES string of the molecule is Cc1nnc(-c2ccc3ccn(CC(=O)N4CCCc5ccccc54)c3c2)o1. The van der Waals surface area contributed by atoms with E-state index in [1.54, 1.807) is 6.92 Å². The smallest absolute Gasteiger partial charge is 0.247 e. The molecular formula is C22H20N4O2. The summed E-state index contributed by atoms with van der Waals surface area (Å²) >= 11 is 0. The van der Waals surface area contributed by atoms with Crippen LogP contribution in [-0.4, -0.2) is 27.2 Å². The molecule has 0 radical (unpaired) electrons. The first-order valence-electron chi connectivity index (χ1n) is 9.47. The van der Waals surface area contributed by atoms with Gasteiger partial charge in [-0.15, -0.1) is 10.2 Å². The third-order valence-electron chi connectivity index (χ3n) is 5.26. The van der Waals surface area contributed by atoms with Crippen molar-refractivity contribution in [2.45, 2.75) is 26.3 Å². The van der Waals surface area contributed by atoms with Gasteiger partial charge in [0.15, 0.2) is 0 Å². The maximum absolute atomic E-state index is 13.1. The first-order chi connectivity index (χ1) is 13.7. The van der Waals surface area contributed by atoms with E-state index < -0.39 is 0 Å². The van der Waals surface area contributed by atoms with Crippen LogP contribution in [0.2, 0.25) is 0 Å². The molecule has 140 valence electrons. The highest BCUT2D eigenvalue weighted by Gasteiger charge is 2.22. The Hall–Kier alpha value is -3.41. The van der Waals surface area contributed by atoms with Gasteiger partial charge in [0.25, 0.3) is 0 Å². The molecule has 0 bridgehead atoms. The Morgan fingerprint density at radius 1 is 1.14 bits per heavy atom. The molecule has 1 aliphatic heterocycles. The van der Waals surface area contributed by atoms with Crippen molar-refractivity contribution in [3.8, 4) is 11.5 Å². The van der Waals surface area contributed by atoms with Gasteiger partial charge in [0, 0.05) is 36.4 Å². The molecule has 6 heteroatoms. The fraction of sp³-hybridized carbons (Fsp3) is 0.227. The summed E-state index contributed by atoms with van der Waals surface area (Å²) in [6.45, 7) is 2.83. The first-order valence-corrected chi connectivity index (χ1v) is 9.47. The van der Waals surface area contributed by atoms with Crippen molar-refractivity contribution >= 4 is 22.5 Å². The number of hydrogen-bond acceptors (Lipinski definition) is 4. The summed E-state index contributed by atoms with van der Waals surface area (Å²) in [5.74, 6) is 1.12. The molecule has 28 heavy (non-hydrogen) atoms. The average molecular weight is 372 g/mol. The summed E-state index contributed by atoms with van der Waals surface area (Å²) in [4.78, 5) is 15.0. The average Bonchev–Trinajstić information content (AvgIpc) is 3.33. The van der Waals surface area contributed by atoms with Gasteiger partial charge >= 0.3 is 0 Å². The van der Waals surface area contributed by atoms with Crippen molar-refractivity contribution in [2.24, 2.45) is 0 Å². The van der Waals surface area contributed by atoms with Crippen LogP contribution in [0.3, 0.4) is 0 Å².